The van der Waals surface area contributed by atoms with Crippen molar-refractivity contribution in [2.24, 2.45) is 0 Å². The Morgan fingerprint density at radius 1 is 1.43 bits per heavy atom. The summed E-state index contributed by atoms with van der Waals surface area (Å²) in [5.41, 5.74) is 0. The van der Waals surface area contributed by atoms with Crippen LogP contribution in [0.25, 0.3) is 0 Å². The number of hydrogen-bond acceptors (Lipinski definition) is 3. The first kappa shape index (κ1) is 10.6. The minimum Gasteiger partial charge on any atom is -0.462 e. The average molecular weight is 195 g/mol. The molecule has 1 rings (SSSR count). The Balaban J connectivity index is 2.21. The third kappa shape index (κ3) is 4.53. The van der Waals surface area contributed by atoms with E-state index in [-0.39, 0.29) is 0 Å². The van der Waals surface area contributed by atoms with E-state index in [1.54, 1.807) is 6.07 Å². The zero-order valence-corrected chi connectivity index (χ0v) is 8.78. The lowest BCUT2D eigenvalue weighted by Gasteiger charge is -2.19. The second-order valence-electron chi connectivity index (χ2n) is 3.93. The topological polar surface area (TPSA) is 35.3 Å². The minimum absolute atomic E-state index is 0.354. The monoisotopic (exact) mass is 195 g/mol. The standard InChI is InChI=1S/C10H15N2O2/c1-12(2,3)7-4-5-8-13-10-6-9-14-11-10/h6,9H,7-8H2,1-3H3/q+1. The maximum absolute atomic E-state index is 5.18. The summed E-state index contributed by atoms with van der Waals surface area (Å²) in [6.45, 7) is 1.16. The van der Waals surface area contributed by atoms with Gasteiger partial charge < -0.3 is 13.7 Å². The van der Waals surface area contributed by atoms with Crippen LogP contribution in [0.2, 0.25) is 0 Å². The second kappa shape index (κ2) is 4.68. The third-order valence-electron chi connectivity index (χ3n) is 1.38. The van der Waals surface area contributed by atoms with Gasteiger partial charge in [-0.25, -0.2) is 0 Å². The zero-order valence-electron chi connectivity index (χ0n) is 8.78. The average Bonchev–Trinajstić information content (AvgIpc) is 2.54. The van der Waals surface area contributed by atoms with Gasteiger partial charge in [-0.3, -0.25) is 0 Å². The van der Waals surface area contributed by atoms with E-state index in [0.717, 1.165) is 11.0 Å². The van der Waals surface area contributed by atoms with Crippen molar-refractivity contribution in [3.05, 3.63) is 12.3 Å². The molecule has 0 radical (unpaired) electrons. The molecule has 0 aromatic carbocycles. The molecule has 0 aliphatic heterocycles. The summed E-state index contributed by atoms with van der Waals surface area (Å²) >= 11 is 0. The van der Waals surface area contributed by atoms with Gasteiger partial charge in [0.15, 0.2) is 6.61 Å². The van der Waals surface area contributed by atoms with Gasteiger partial charge >= 0.3 is 0 Å². The fourth-order valence-corrected chi connectivity index (χ4v) is 0.730. The summed E-state index contributed by atoms with van der Waals surface area (Å²) in [6.07, 6.45) is 1.47. The van der Waals surface area contributed by atoms with Crippen molar-refractivity contribution in [3.8, 4) is 17.7 Å². The summed E-state index contributed by atoms with van der Waals surface area (Å²) in [4.78, 5) is 0. The third-order valence-corrected chi connectivity index (χ3v) is 1.38. The molecule has 0 aliphatic carbocycles. The van der Waals surface area contributed by atoms with Crippen molar-refractivity contribution in [2.75, 3.05) is 34.3 Å². The molecule has 0 atom stereocenters. The number of ether oxygens (including phenoxy) is 1. The van der Waals surface area contributed by atoms with Crippen LogP contribution in [0, 0.1) is 11.8 Å². The molecule has 0 saturated carbocycles. The fourth-order valence-electron chi connectivity index (χ4n) is 0.730. The van der Waals surface area contributed by atoms with Crippen molar-refractivity contribution in [3.63, 3.8) is 0 Å². The molecule has 0 spiro atoms. The smallest absolute Gasteiger partial charge is 0.254 e. The van der Waals surface area contributed by atoms with Crippen molar-refractivity contribution in [2.45, 2.75) is 0 Å². The molecule has 14 heavy (non-hydrogen) atoms. The molecule has 0 aliphatic rings. The summed E-state index contributed by atoms with van der Waals surface area (Å²) in [5, 5.41) is 3.59. The molecule has 4 heteroatoms. The first-order valence-corrected chi connectivity index (χ1v) is 4.37. The molecule has 0 saturated heterocycles. The van der Waals surface area contributed by atoms with Crippen molar-refractivity contribution in [1.82, 2.24) is 5.16 Å². The normalized spacial score (nSPS) is 10.5. The van der Waals surface area contributed by atoms with Gasteiger partial charge in [0.05, 0.1) is 21.1 Å². The Hall–Kier alpha value is -1.47. The Morgan fingerprint density at radius 2 is 2.21 bits per heavy atom. The first-order chi connectivity index (χ1) is 6.58. The molecule has 1 aromatic heterocycles. The van der Waals surface area contributed by atoms with E-state index in [0.29, 0.717) is 12.5 Å². The molecule has 4 nitrogen and oxygen atoms in total. The van der Waals surface area contributed by atoms with E-state index < -0.39 is 0 Å². The molecule has 76 valence electrons. The maximum atomic E-state index is 5.18. The Morgan fingerprint density at radius 3 is 2.79 bits per heavy atom. The van der Waals surface area contributed by atoms with Gasteiger partial charge in [-0.05, 0) is 11.1 Å². The molecular formula is C10H15N2O2+. The Kier molecular flexibility index (Phi) is 3.55. The predicted octanol–water partition coefficient (Wildman–Crippen LogP) is 0.763. The van der Waals surface area contributed by atoms with Crippen LogP contribution in [-0.2, 0) is 0 Å². The van der Waals surface area contributed by atoms with E-state index in [2.05, 4.69) is 42.7 Å². The van der Waals surface area contributed by atoms with Crippen LogP contribution in [0.1, 0.15) is 0 Å². The number of rotatable bonds is 3. The lowest BCUT2D eigenvalue weighted by Crippen LogP contribution is -2.34. The molecule has 0 unspecified atom stereocenters. The van der Waals surface area contributed by atoms with E-state index in [9.17, 15) is 0 Å². The number of nitrogens with zero attached hydrogens (tertiary/aromatic N) is 2. The van der Waals surface area contributed by atoms with Crippen molar-refractivity contribution >= 4 is 0 Å². The van der Waals surface area contributed by atoms with E-state index >= 15 is 0 Å². The highest BCUT2D eigenvalue weighted by Gasteiger charge is 2.01. The van der Waals surface area contributed by atoms with Gasteiger partial charge in [-0.15, -0.1) is 0 Å². The van der Waals surface area contributed by atoms with Gasteiger partial charge in [0, 0.05) is 6.07 Å². The van der Waals surface area contributed by atoms with Gasteiger partial charge in [-0.2, -0.15) is 0 Å². The number of quaternary nitrogens is 1. The number of hydrogen-bond donors (Lipinski definition) is 0. The fraction of sp³-hybridized carbons (Fsp3) is 0.500. The van der Waals surface area contributed by atoms with Gasteiger partial charge in [-0.1, -0.05) is 5.92 Å². The highest BCUT2D eigenvalue weighted by molar-refractivity contribution is 5.06. The van der Waals surface area contributed by atoms with Crippen LogP contribution < -0.4 is 4.74 Å². The summed E-state index contributed by atoms with van der Waals surface area (Å²) < 4.78 is 10.6. The zero-order chi connectivity index (χ0) is 10.4. The van der Waals surface area contributed by atoms with Crippen LogP contribution in [0.4, 0.5) is 0 Å². The van der Waals surface area contributed by atoms with E-state index in [1.165, 1.54) is 6.26 Å². The summed E-state index contributed by atoms with van der Waals surface area (Å²) in [6, 6.07) is 1.65. The second-order valence-corrected chi connectivity index (χ2v) is 3.93. The SMILES string of the molecule is C[N+](C)(C)CC#CCOc1ccon1. The van der Waals surface area contributed by atoms with Gasteiger partial charge in [0.1, 0.15) is 12.8 Å². The first-order valence-electron chi connectivity index (χ1n) is 4.37. The molecule has 0 amide bonds. The van der Waals surface area contributed by atoms with Crippen molar-refractivity contribution in [1.29, 1.82) is 0 Å². The lowest BCUT2D eigenvalue weighted by molar-refractivity contribution is -0.862. The summed E-state index contributed by atoms with van der Waals surface area (Å²) in [5.74, 6) is 6.41. The van der Waals surface area contributed by atoms with Crippen LogP contribution in [0.3, 0.4) is 0 Å². The maximum Gasteiger partial charge on any atom is 0.254 e. The van der Waals surface area contributed by atoms with Crippen LogP contribution in [0.5, 0.6) is 5.88 Å². The Labute approximate surface area is 84.0 Å². The van der Waals surface area contributed by atoms with Crippen LogP contribution >= 0.6 is 0 Å². The quantitative estimate of drug-likeness (QED) is 0.527. The molecule has 0 N–H and O–H groups in total. The van der Waals surface area contributed by atoms with Gasteiger partial charge in [0.25, 0.3) is 5.88 Å². The largest absolute Gasteiger partial charge is 0.462 e. The highest BCUT2D eigenvalue weighted by Crippen LogP contribution is 2.02. The lowest BCUT2D eigenvalue weighted by atomic mass is 10.5. The minimum atomic E-state index is 0.354. The predicted molar refractivity (Wildman–Crippen MR) is 52.7 cm³/mol. The summed E-state index contributed by atoms with van der Waals surface area (Å²) in [7, 11) is 6.27. The van der Waals surface area contributed by atoms with E-state index in [4.69, 9.17) is 4.74 Å². The van der Waals surface area contributed by atoms with Crippen LogP contribution in [-0.4, -0.2) is 43.9 Å². The molecule has 1 heterocycles. The van der Waals surface area contributed by atoms with Crippen LogP contribution in [0.15, 0.2) is 16.9 Å². The molecule has 0 fully saturated rings. The molecule has 1 aromatic rings. The molecular weight excluding hydrogens is 180 g/mol. The van der Waals surface area contributed by atoms with Gasteiger partial charge in [0.2, 0.25) is 0 Å². The number of aromatic nitrogens is 1. The highest BCUT2D eigenvalue weighted by atomic mass is 16.5. The molecule has 0 bridgehead atoms. The Bertz CT molecular complexity index is 314. The van der Waals surface area contributed by atoms with Crippen molar-refractivity contribution < 1.29 is 13.7 Å². The van der Waals surface area contributed by atoms with E-state index in [1.807, 2.05) is 0 Å².